The summed E-state index contributed by atoms with van der Waals surface area (Å²) in [5.41, 5.74) is 7.89. The highest BCUT2D eigenvalue weighted by molar-refractivity contribution is 6.59. The van der Waals surface area contributed by atoms with Gasteiger partial charge in [0.05, 0.1) is 47.5 Å². The number of allylic oxidation sites excluding steroid dienone is 1. The number of nitrogens with two attached hydrogens (primary N) is 1. The van der Waals surface area contributed by atoms with E-state index >= 15 is 0 Å². The first kappa shape index (κ1) is 29.7. The fourth-order valence-corrected chi connectivity index (χ4v) is 4.90. The molecule has 40 heavy (non-hydrogen) atoms. The highest BCUT2D eigenvalue weighted by Crippen LogP contribution is 2.42. The number of anilines is 1. The van der Waals surface area contributed by atoms with Crippen LogP contribution in [-0.4, -0.2) is 79.5 Å². The second-order valence-corrected chi connectivity index (χ2v) is 10.5. The molecule has 2 aliphatic heterocycles. The van der Waals surface area contributed by atoms with Crippen LogP contribution in [0.4, 0.5) is 34.9 Å². The molecule has 6 radical (unpaired) electrons. The number of hydrogen-bond acceptors (Lipinski definition) is 5. The van der Waals surface area contributed by atoms with Crippen molar-refractivity contribution in [2.45, 2.75) is 56.7 Å². The van der Waals surface area contributed by atoms with Crippen molar-refractivity contribution in [3.63, 3.8) is 0 Å². The average Bonchev–Trinajstić information content (AvgIpc) is 3.16. The number of fused-ring (bicyclic) bond motifs is 2. The second kappa shape index (κ2) is 11.3. The number of hydrogen-bond donors (Lipinski definition) is 1. The van der Waals surface area contributed by atoms with Gasteiger partial charge < -0.3 is 10.6 Å². The van der Waals surface area contributed by atoms with Gasteiger partial charge in [-0.15, -0.1) is 10.2 Å². The third-order valence-electron chi connectivity index (χ3n) is 6.73. The van der Waals surface area contributed by atoms with Crippen molar-refractivity contribution >= 4 is 46.4 Å². The van der Waals surface area contributed by atoms with Gasteiger partial charge in [0, 0.05) is 29.0 Å². The molecule has 1 fully saturated rings. The number of nitrogen functional groups attached to an aromatic ring is 1. The number of piperidine rings is 1. The summed E-state index contributed by atoms with van der Waals surface area (Å²) in [6.07, 6.45) is 1.06. The van der Waals surface area contributed by atoms with Crippen LogP contribution < -0.4 is 5.73 Å². The zero-order valence-corrected chi connectivity index (χ0v) is 22.5. The van der Waals surface area contributed by atoms with Crippen molar-refractivity contribution in [3.8, 4) is 11.1 Å². The van der Waals surface area contributed by atoms with Gasteiger partial charge in [-0.3, -0.25) is 0 Å². The molecule has 1 atom stereocenters. The first-order valence-electron chi connectivity index (χ1n) is 12.9. The minimum Gasteiger partial charge on any atom is -0.372 e. The van der Waals surface area contributed by atoms with E-state index in [1.807, 2.05) is 0 Å². The van der Waals surface area contributed by atoms with Crippen LogP contribution in [0.2, 0.25) is 5.11 Å². The maximum atomic E-state index is 14.8. The fourth-order valence-electron chi connectivity index (χ4n) is 4.90. The number of rotatable bonds is 7. The Hall–Kier alpha value is -3.31. The molecule has 1 aromatic carbocycles. The molecule has 2 N–H and O–H groups in total. The molecule has 0 saturated carbocycles. The number of nitrogens with zero attached hydrogens (tertiary/aromatic N) is 6. The predicted molar refractivity (Wildman–Crippen MR) is 149 cm³/mol. The van der Waals surface area contributed by atoms with Gasteiger partial charge in [-0.2, -0.15) is 0 Å². The van der Waals surface area contributed by atoms with Crippen LogP contribution >= 0.6 is 0 Å². The zero-order valence-electron chi connectivity index (χ0n) is 22.5. The largest absolute Gasteiger partial charge is 0.372 e. The summed E-state index contributed by atoms with van der Waals surface area (Å²) >= 11 is 0. The van der Waals surface area contributed by atoms with Crippen LogP contribution in [-0.2, 0) is 6.42 Å². The quantitative estimate of drug-likeness (QED) is 0.257. The van der Waals surface area contributed by atoms with E-state index in [4.69, 9.17) is 29.3 Å². The van der Waals surface area contributed by atoms with Gasteiger partial charge in [-0.05, 0) is 44.2 Å². The lowest BCUT2D eigenvalue weighted by Gasteiger charge is -2.37. The number of aromatic nitrogens is 3. The van der Waals surface area contributed by atoms with Crippen molar-refractivity contribution in [2.75, 3.05) is 25.4 Å². The molecule has 2 aliphatic rings. The standard InChI is InChI=1S/C16H11B3F3N6.C10H18FN/c17-16(18,19)4-10-14-13(8(20)5-28(14)26-15(23)24-10)7-1-2-9-11(3-7)27(25-9)6-12(21)22;1-4-9(2)12-7-5-6-10(3,11)8-12/h1-3,5,12H,4,6H2,(H2,23,24,26);2,4-8H2,1,3H3/q+1;. The highest BCUT2D eigenvalue weighted by atomic mass is 19.3. The molecule has 14 heteroatoms. The lowest BCUT2D eigenvalue weighted by molar-refractivity contribution is -0.536. The number of likely N-dealkylation sites (tertiary alicyclic amines) is 1. The second-order valence-electron chi connectivity index (χ2n) is 10.5. The molecule has 1 unspecified atom stereocenters. The summed E-state index contributed by atoms with van der Waals surface area (Å²) in [4.78, 5) is 6.18. The van der Waals surface area contributed by atoms with Crippen molar-refractivity contribution < 1.29 is 22.3 Å². The summed E-state index contributed by atoms with van der Waals surface area (Å²) in [6, 6.07) is 4.82. The van der Waals surface area contributed by atoms with E-state index in [0.29, 0.717) is 29.9 Å². The number of halogens is 4. The zero-order chi connectivity index (χ0) is 29.4. The first-order valence-corrected chi connectivity index (χ1v) is 12.9. The number of azo groups is 2. The predicted octanol–water partition coefficient (Wildman–Crippen LogP) is 4.98. The van der Waals surface area contributed by atoms with Crippen LogP contribution in [0.25, 0.3) is 16.6 Å². The normalized spacial score (nSPS) is 18.6. The third kappa shape index (κ3) is 6.70. The minimum atomic E-state index is -2.55. The molecule has 0 spiro atoms. The van der Waals surface area contributed by atoms with E-state index in [2.05, 4.69) is 33.6 Å². The fraction of sp³-hybridized carbons (Fsp3) is 0.462. The van der Waals surface area contributed by atoms with Crippen LogP contribution in [0, 0.1) is 5.82 Å². The van der Waals surface area contributed by atoms with Gasteiger partial charge in [0.2, 0.25) is 18.2 Å². The lowest BCUT2D eigenvalue weighted by atomic mass is 9.41. The van der Waals surface area contributed by atoms with Gasteiger partial charge >= 0.3 is 0 Å². The van der Waals surface area contributed by atoms with Gasteiger partial charge in [-0.25, -0.2) is 27.1 Å². The van der Waals surface area contributed by atoms with Crippen LogP contribution in [0.5, 0.6) is 0 Å². The van der Waals surface area contributed by atoms with Gasteiger partial charge in [0.1, 0.15) is 5.67 Å². The maximum absolute atomic E-state index is 14.8. The van der Waals surface area contributed by atoms with Gasteiger partial charge in [0.15, 0.2) is 5.82 Å². The topological polar surface area (TPSA) is 74.8 Å². The van der Waals surface area contributed by atoms with Gasteiger partial charge in [-0.1, -0.05) is 24.3 Å². The summed E-state index contributed by atoms with van der Waals surface area (Å²) < 4.78 is 56.1. The number of benzene rings is 1. The third-order valence-corrected chi connectivity index (χ3v) is 6.73. The van der Waals surface area contributed by atoms with Crippen molar-refractivity contribution in [1.82, 2.24) is 19.5 Å². The Bertz CT molecular complexity index is 1450. The van der Waals surface area contributed by atoms with Crippen molar-refractivity contribution in [3.05, 3.63) is 48.2 Å². The summed E-state index contributed by atoms with van der Waals surface area (Å²) in [5.74, 6) is -0.707. The molecule has 5 rings (SSSR count). The Labute approximate surface area is 234 Å². The molecule has 7 nitrogen and oxygen atoms in total. The Kier molecular flexibility index (Phi) is 8.37. The van der Waals surface area contributed by atoms with Crippen LogP contribution in [0.15, 0.2) is 41.8 Å². The first-order chi connectivity index (χ1) is 18.7. The Balaban J connectivity index is 0.000000259. The smallest absolute Gasteiger partial charge is 0.298 e. The highest BCUT2D eigenvalue weighted by Gasteiger charge is 2.33. The summed E-state index contributed by atoms with van der Waals surface area (Å²) in [5, 5.41) is 6.34. The Morgan fingerprint density at radius 1 is 1.30 bits per heavy atom. The van der Waals surface area contributed by atoms with E-state index in [1.165, 1.54) is 9.21 Å². The minimum absolute atomic E-state index is 0.0997. The maximum Gasteiger partial charge on any atom is 0.298 e. The SMILES string of the molecule is C=C(CC)N1CCCC(C)(F)C1.[B]C([B])([B])Cc1nc(N)nn2cc(F)c(-c3ccc4c(c3)[N+](CC(F)F)=N4)c12. The molecule has 4 heterocycles. The lowest BCUT2D eigenvalue weighted by Crippen LogP contribution is -2.42. The number of alkyl halides is 3. The van der Waals surface area contributed by atoms with E-state index in [-0.39, 0.29) is 29.1 Å². The molecular weight excluding hydrogens is 519 g/mol. The molecular formula is C26H29B3F4N7+. The molecule has 0 aliphatic carbocycles. The molecule has 2 aromatic heterocycles. The van der Waals surface area contributed by atoms with Crippen LogP contribution in [0.3, 0.4) is 0 Å². The summed E-state index contributed by atoms with van der Waals surface area (Å²) in [6.45, 7) is 8.63. The summed E-state index contributed by atoms with van der Waals surface area (Å²) in [7, 11) is 17.0. The van der Waals surface area contributed by atoms with E-state index in [9.17, 15) is 17.6 Å². The van der Waals surface area contributed by atoms with E-state index < -0.39 is 29.6 Å². The van der Waals surface area contributed by atoms with Crippen LogP contribution in [0.1, 0.15) is 38.8 Å². The Morgan fingerprint density at radius 3 is 2.65 bits per heavy atom. The van der Waals surface area contributed by atoms with Crippen molar-refractivity contribution in [1.29, 1.82) is 0 Å². The Morgan fingerprint density at radius 2 is 2.02 bits per heavy atom. The van der Waals surface area contributed by atoms with Crippen molar-refractivity contribution in [2.24, 2.45) is 5.11 Å². The monoisotopic (exact) mass is 548 g/mol. The van der Waals surface area contributed by atoms with E-state index in [0.717, 1.165) is 31.3 Å². The molecule has 1 saturated heterocycles. The average molecular weight is 548 g/mol. The molecule has 0 amide bonds. The van der Waals surface area contributed by atoms with Gasteiger partial charge in [0.25, 0.3) is 12.1 Å². The molecule has 3 aromatic rings. The molecule has 0 bridgehead atoms. The van der Waals surface area contributed by atoms with E-state index in [1.54, 1.807) is 25.1 Å². The molecule has 204 valence electrons.